The SMILES string of the molecule is Cc1cc(-n2ncc3cc(NC(=O)N[C@H]4CN(C)C[C@@H]4c4ccccc4)ncc32)ccn1. The number of amides is 2. The van der Waals surface area contributed by atoms with Crippen LogP contribution in [0.1, 0.15) is 17.2 Å². The zero-order chi connectivity index (χ0) is 22.1. The zero-order valence-corrected chi connectivity index (χ0v) is 18.1. The van der Waals surface area contributed by atoms with Gasteiger partial charge in [0.1, 0.15) is 5.82 Å². The van der Waals surface area contributed by atoms with Gasteiger partial charge in [0.15, 0.2) is 0 Å². The fourth-order valence-electron chi connectivity index (χ4n) is 4.37. The van der Waals surface area contributed by atoms with Crippen LogP contribution in [0.3, 0.4) is 0 Å². The van der Waals surface area contributed by atoms with Crippen LogP contribution in [0.2, 0.25) is 0 Å². The maximum atomic E-state index is 12.7. The molecule has 1 aliphatic heterocycles. The summed E-state index contributed by atoms with van der Waals surface area (Å²) in [6, 6.07) is 15.8. The molecule has 0 saturated carbocycles. The summed E-state index contributed by atoms with van der Waals surface area (Å²) in [6.07, 6.45) is 5.26. The molecule has 1 fully saturated rings. The number of urea groups is 1. The van der Waals surface area contributed by atoms with E-state index in [0.29, 0.717) is 5.82 Å². The number of likely N-dealkylation sites (N-methyl/N-ethyl adjacent to an activating group) is 1. The third-order valence-electron chi connectivity index (χ3n) is 5.87. The van der Waals surface area contributed by atoms with Gasteiger partial charge >= 0.3 is 6.03 Å². The predicted molar refractivity (Wildman–Crippen MR) is 124 cm³/mol. The zero-order valence-electron chi connectivity index (χ0n) is 18.1. The molecule has 162 valence electrons. The van der Waals surface area contributed by atoms with E-state index in [1.165, 1.54) is 5.56 Å². The first kappa shape index (κ1) is 20.1. The highest BCUT2D eigenvalue weighted by Gasteiger charge is 2.33. The van der Waals surface area contributed by atoms with Gasteiger partial charge < -0.3 is 10.2 Å². The number of pyridine rings is 2. The van der Waals surface area contributed by atoms with Gasteiger partial charge in [-0.2, -0.15) is 5.10 Å². The van der Waals surface area contributed by atoms with Gasteiger partial charge in [0.05, 0.1) is 29.6 Å². The molecule has 0 radical (unpaired) electrons. The number of carbonyl (C=O) groups excluding carboxylic acids is 1. The molecule has 3 aromatic heterocycles. The van der Waals surface area contributed by atoms with E-state index in [9.17, 15) is 4.79 Å². The Morgan fingerprint density at radius 1 is 1.06 bits per heavy atom. The van der Waals surface area contributed by atoms with Crippen molar-refractivity contribution in [1.29, 1.82) is 0 Å². The van der Waals surface area contributed by atoms with Crippen LogP contribution in [-0.2, 0) is 0 Å². The predicted octanol–water partition coefficient (Wildman–Crippen LogP) is 3.34. The van der Waals surface area contributed by atoms with E-state index < -0.39 is 0 Å². The number of nitrogens with one attached hydrogen (secondary N) is 2. The maximum absolute atomic E-state index is 12.7. The molecule has 0 bridgehead atoms. The minimum atomic E-state index is -0.254. The number of fused-ring (bicyclic) bond motifs is 1. The lowest BCUT2D eigenvalue weighted by atomic mass is 9.94. The van der Waals surface area contributed by atoms with Gasteiger partial charge in [0, 0.05) is 36.3 Å². The lowest BCUT2D eigenvalue weighted by Gasteiger charge is -2.20. The van der Waals surface area contributed by atoms with Gasteiger partial charge in [-0.1, -0.05) is 30.3 Å². The van der Waals surface area contributed by atoms with Crippen molar-refractivity contribution in [3.05, 3.63) is 78.4 Å². The molecule has 1 saturated heterocycles. The van der Waals surface area contributed by atoms with Crippen LogP contribution in [-0.4, -0.2) is 56.9 Å². The monoisotopic (exact) mass is 427 g/mol. The number of aromatic nitrogens is 4. The fourth-order valence-corrected chi connectivity index (χ4v) is 4.37. The number of hydrogen-bond acceptors (Lipinski definition) is 5. The Morgan fingerprint density at radius 2 is 1.91 bits per heavy atom. The number of hydrogen-bond donors (Lipinski definition) is 2. The summed E-state index contributed by atoms with van der Waals surface area (Å²) >= 11 is 0. The quantitative estimate of drug-likeness (QED) is 0.522. The average Bonchev–Trinajstić information content (AvgIpc) is 3.37. The van der Waals surface area contributed by atoms with Crippen LogP contribution in [0.15, 0.2) is 67.1 Å². The Morgan fingerprint density at radius 3 is 2.72 bits per heavy atom. The van der Waals surface area contributed by atoms with Crippen molar-refractivity contribution >= 4 is 22.8 Å². The van der Waals surface area contributed by atoms with Crippen LogP contribution >= 0.6 is 0 Å². The summed E-state index contributed by atoms with van der Waals surface area (Å²) in [7, 11) is 2.08. The van der Waals surface area contributed by atoms with Crippen molar-refractivity contribution in [2.75, 3.05) is 25.5 Å². The number of nitrogens with zero attached hydrogens (tertiary/aromatic N) is 5. The molecule has 2 N–H and O–H groups in total. The first-order valence-corrected chi connectivity index (χ1v) is 10.6. The van der Waals surface area contributed by atoms with Gasteiger partial charge in [-0.15, -0.1) is 0 Å². The van der Waals surface area contributed by atoms with E-state index in [4.69, 9.17) is 0 Å². The molecular formula is C24H25N7O. The second-order valence-electron chi connectivity index (χ2n) is 8.28. The van der Waals surface area contributed by atoms with E-state index in [1.54, 1.807) is 18.6 Å². The Kier molecular flexibility index (Phi) is 5.28. The maximum Gasteiger partial charge on any atom is 0.320 e. The van der Waals surface area contributed by atoms with Gasteiger partial charge in [0.25, 0.3) is 0 Å². The molecule has 4 aromatic rings. The third kappa shape index (κ3) is 4.04. The Hall–Kier alpha value is -3.78. The lowest BCUT2D eigenvalue weighted by Crippen LogP contribution is -2.42. The van der Waals surface area contributed by atoms with Crippen LogP contribution < -0.4 is 10.6 Å². The Balaban J connectivity index is 1.31. The van der Waals surface area contributed by atoms with Crippen LogP contribution in [0.5, 0.6) is 0 Å². The summed E-state index contributed by atoms with van der Waals surface area (Å²) in [5, 5.41) is 11.4. The van der Waals surface area contributed by atoms with Crippen molar-refractivity contribution in [2.45, 2.75) is 18.9 Å². The topological polar surface area (TPSA) is 88.0 Å². The van der Waals surface area contributed by atoms with E-state index >= 15 is 0 Å². The molecule has 8 nitrogen and oxygen atoms in total. The van der Waals surface area contributed by atoms with Gasteiger partial charge in [-0.25, -0.2) is 14.5 Å². The van der Waals surface area contributed by atoms with Crippen molar-refractivity contribution < 1.29 is 4.79 Å². The number of anilines is 1. The van der Waals surface area contributed by atoms with E-state index in [-0.39, 0.29) is 18.0 Å². The van der Waals surface area contributed by atoms with E-state index in [1.807, 2.05) is 48.0 Å². The molecule has 4 heterocycles. The van der Waals surface area contributed by atoms with E-state index in [0.717, 1.165) is 35.4 Å². The smallest absolute Gasteiger partial charge is 0.320 e. The largest absolute Gasteiger partial charge is 0.333 e. The van der Waals surface area contributed by atoms with Crippen molar-refractivity contribution in [3.63, 3.8) is 0 Å². The molecule has 8 heteroatoms. The van der Waals surface area contributed by atoms with E-state index in [2.05, 4.69) is 49.8 Å². The fraction of sp³-hybridized carbons (Fsp3) is 0.250. The van der Waals surface area contributed by atoms with Crippen LogP contribution in [0, 0.1) is 6.92 Å². The molecule has 5 rings (SSSR count). The normalized spacial score (nSPS) is 18.7. The molecule has 1 aliphatic rings. The summed E-state index contributed by atoms with van der Waals surface area (Å²) in [5.41, 5.74) is 3.94. The first-order valence-electron chi connectivity index (χ1n) is 10.6. The molecule has 2 atom stereocenters. The number of carbonyl (C=O) groups is 1. The Bertz CT molecular complexity index is 1250. The van der Waals surface area contributed by atoms with Gasteiger partial charge in [-0.05, 0) is 37.7 Å². The minimum Gasteiger partial charge on any atom is -0.333 e. The van der Waals surface area contributed by atoms with Crippen LogP contribution in [0.4, 0.5) is 10.6 Å². The summed E-state index contributed by atoms with van der Waals surface area (Å²) in [5.74, 6) is 0.743. The van der Waals surface area contributed by atoms with Crippen molar-refractivity contribution in [3.8, 4) is 5.69 Å². The number of benzene rings is 1. The molecule has 0 unspecified atom stereocenters. The number of aryl methyl sites for hydroxylation is 1. The molecule has 1 aromatic carbocycles. The third-order valence-corrected chi connectivity index (χ3v) is 5.87. The summed E-state index contributed by atoms with van der Waals surface area (Å²) in [4.78, 5) is 23.7. The molecular weight excluding hydrogens is 402 g/mol. The number of rotatable bonds is 4. The standard InChI is InChI=1S/C24H25N7O/c1-16-10-19(8-9-25-16)31-22-13-26-23(11-18(22)12-27-31)29-24(32)28-21-15-30(2)14-20(21)17-6-4-3-5-7-17/h3-13,20-21H,14-15H2,1-2H3,(H2,26,28,29,32)/t20-,21+/m1/s1. The second-order valence-corrected chi connectivity index (χ2v) is 8.28. The Labute approximate surface area is 186 Å². The molecule has 0 aliphatic carbocycles. The van der Waals surface area contributed by atoms with Gasteiger partial charge in [0.2, 0.25) is 0 Å². The highest BCUT2D eigenvalue weighted by atomic mass is 16.2. The minimum absolute atomic E-state index is 0.0313. The lowest BCUT2D eigenvalue weighted by molar-refractivity contribution is 0.247. The van der Waals surface area contributed by atoms with Gasteiger partial charge in [-0.3, -0.25) is 10.3 Å². The first-order chi connectivity index (χ1) is 15.6. The molecule has 32 heavy (non-hydrogen) atoms. The summed E-state index contributed by atoms with van der Waals surface area (Å²) in [6.45, 7) is 3.66. The summed E-state index contributed by atoms with van der Waals surface area (Å²) < 4.78 is 1.82. The molecule has 2 amide bonds. The molecule has 0 spiro atoms. The number of likely N-dealkylation sites (tertiary alicyclic amines) is 1. The van der Waals surface area contributed by atoms with Crippen molar-refractivity contribution in [1.82, 2.24) is 30.0 Å². The highest BCUT2D eigenvalue weighted by Crippen LogP contribution is 2.27. The van der Waals surface area contributed by atoms with Crippen LogP contribution in [0.25, 0.3) is 16.6 Å². The second kappa shape index (κ2) is 8.39. The average molecular weight is 428 g/mol. The highest BCUT2D eigenvalue weighted by molar-refractivity contribution is 5.91. The van der Waals surface area contributed by atoms with Crippen molar-refractivity contribution in [2.24, 2.45) is 0 Å².